The van der Waals surface area contributed by atoms with E-state index in [9.17, 15) is 14.7 Å². The Hall–Kier alpha value is -2.08. The minimum Gasteiger partial charge on any atom is -0.469 e. The van der Waals surface area contributed by atoms with Gasteiger partial charge in [0.2, 0.25) is 0 Å². The first-order valence-corrected chi connectivity index (χ1v) is 6.84. The second-order valence-electron chi connectivity index (χ2n) is 4.94. The van der Waals surface area contributed by atoms with Crippen LogP contribution in [0.15, 0.2) is 30.3 Å². The number of aliphatic hydroxyl groups is 1. The molecule has 0 radical (unpaired) electrons. The number of hydrogen-bond donors (Lipinski definition) is 1. The second-order valence-corrected chi connectivity index (χ2v) is 4.94. The number of likely N-dealkylation sites (tertiary alicyclic amines) is 1. The molecule has 1 aromatic rings. The zero-order chi connectivity index (χ0) is 15.2. The minimum absolute atomic E-state index is 0.0297. The Balaban J connectivity index is 1.92. The second kappa shape index (κ2) is 7.08. The van der Waals surface area contributed by atoms with Crippen LogP contribution in [0.2, 0.25) is 0 Å². The molecule has 1 aromatic carbocycles. The standard InChI is InChI=1S/C15H19NO5/c1-20-14(18)9-12-13(17)7-8-16(12)15(19)21-10-11-5-3-2-4-6-11/h2-6,12-13,17H,7-10H2,1H3. The van der Waals surface area contributed by atoms with Crippen molar-refractivity contribution in [3.8, 4) is 0 Å². The molecule has 0 saturated carbocycles. The van der Waals surface area contributed by atoms with Gasteiger partial charge in [0, 0.05) is 6.54 Å². The Morgan fingerprint density at radius 1 is 1.33 bits per heavy atom. The van der Waals surface area contributed by atoms with E-state index in [4.69, 9.17) is 4.74 Å². The Morgan fingerprint density at radius 3 is 2.71 bits per heavy atom. The molecule has 2 rings (SSSR count). The number of esters is 1. The quantitative estimate of drug-likeness (QED) is 0.847. The average Bonchev–Trinajstić information content (AvgIpc) is 2.87. The molecule has 1 heterocycles. The monoisotopic (exact) mass is 293 g/mol. The van der Waals surface area contributed by atoms with E-state index in [1.165, 1.54) is 12.0 Å². The van der Waals surface area contributed by atoms with E-state index in [1.807, 2.05) is 30.3 Å². The molecule has 114 valence electrons. The van der Waals surface area contributed by atoms with E-state index in [0.717, 1.165) is 5.56 Å². The van der Waals surface area contributed by atoms with Crippen LogP contribution in [0.5, 0.6) is 0 Å². The van der Waals surface area contributed by atoms with Crippen molar-refractivity contribution in [2.45, 2.75) is 31.6 Å². The fourth-order valence-electron chi connectivity index (χ4n) is 2.37. The lowest BCUT2D eigenvalue weighted by Gasteiger charge is -2.24. The summed E-state index contributed by atoms with van der Waals surface area (Å²) in [5, 5.41) is 9.88. The van der Waals surface area contributed by atoms with Gasteiger partial charge in [0.05, 0.1) is 25.7 Å². The molecule has 0 bridgehead atoms. The Labute approximate surface area is 123 Å². The molecule has 1 fully saturated rings. The molecule has 2 unspecified atom stereocenters. The zero-order valence-corrected chi connectivity index (χ0v) is 11.9. The maximum absolute atomic E-state index is 12.1. The van der Waals surface area contributed by atoms with Crippen molar-refractivity contribution in [2.75, 3.05) is 13.7 Å². The number of ether oxygens (including phenoxy) is 2. The van der Waals surface area contributed by atoms with Gasteiger partial charge in [-0.15, -0.1) is 0 Å². The van der Waals surface area contributed by atoms with Gasteiger partial charge in [-0.3, -0.25) is 4.79 Å². The fourth-order valence-corrected chi connectivity index (χ4v) is 2.37. The van der Waals surface area contributed by atoms with Crippen molar-refractivity contribution < 1.29 is 24.2 Å². The molecule has 0 aromatic heterocycles. The Morgan fingerprint density at radius 2 is 2.05 bits per heavy atom. The minimum atomic E-state index is -0.728. The van der Waals surface area contributed by atoms with Crippen LogP contribution in [0, 0.1) is 0 Å². The summed E-state index contributed by atoms with van der Waals surface area (Å²) in [6.07, 6.45) is -0.849. The van der Waals surface area contributed by atoms with Crippen molar-refractivity contribution >= 4 is 12.1 Å². The highest BCUT2D eigenvalue weighted by Crippen LogP contribution is 2.22. The summed E-state index contributed by atoms with van der Waals surface area (Å²) < 4.78 is 9.82. The van der Waals surface area contributed by atoms with Crippen molar-refractivity contribution in [1.82, 2.24) is 4.90 Å². The average molecular weight is 293 g/mol. The van der Waals surface area contributed by atoms with E-state index in [1.54, 1.807) is 0 Å². The molecule has 1 N–H and O–H groups in total. The van der Waals surface area contributed by atoms with Gasteiger partial charge < -0.3 is 19.5 Å². The van der Waals surface area contributed by atoms with E-state index in [2.05, 4.69) is 4.74 Å². The molecule has 2 atom stereocenters. The highest BCUT2D eigenvalue weighted by Gasteiger charge is 2.38. The summed E-state index contributed by atoms with van der Waals surface area (Å²) in [5.74, 6) is -0.457. The van der Waals surface area contributed by atoms with Crippen LogP contribution in [0.1, 0.15) is 18.4 Å². The number of hydrogen-bond acceptors (Lipinski definition) is 5. The van der Waals surface area contributed by atoms with Gasteiger partial charge in [-0.1, -0.05) is 30.3 Å². The maximum Gasteiger partial charge on any atom is 0.410 e. The lowest BCUT2D eigenvalue weighted by Crippen LogP contribution is -2.41. The van der Waals surface area contributed by atoms with Gasteiger partial charge in [-0.25, -0.2) is 4.79 Å². The third kappa shape index (κ3) is 3.95. The van der Waals surface area contributed by atoms with Crippen LogP contribution in [-0.2, 0) is 20.9 Å². The summed E-state index contributed by atoms with van der Waals surface area (Å²) >= 11 is 0. The first kappa shape index (κ1) is 15.3. The Bertz CT molecular complexity index is 490. The summed E-state index contributed by atoms with van der Waals surface area (Å²) in [6, 6.07) is 8.75. The molecule has 21 heavy (non-hydrogen) atoms. The van der Waals surface area contributed by atoms with E-state index < -0.39 is 24.2 Å². The van der Waals surface area contributed by atoms with E-state index in [0.29, 0.717) is 13.0 Å². The number of benzene rings is 1. The lowest BCUT2D eigenvalue weighted by atomic mass is 10.1. The predicted octanol–water partition coefficient (Wildman–Crippen LogP) is 1.32. The summed E-state index contributed by atoms with van der Waals surface area (Å²) in [6.45, 7) is 0.535. The van der Waals surface area contributed by atoms with Crippen molar-refractivity contribution in [1.29, 1.82) is 0 Å². The predicted molar refractivity (Wildman–Crippen MR) is 74.4 cm³/mol. The topological polar surface area (TPSA) is 76.1 Å². The number of carbonyl (C=O) groups excluding carboxylic acids is 2. The van der Waals surface area contributed by atoms with Gasteiger partial charge in [-0.2, -0.15) is 0 Å². The van der Waals surface area contributed by atoms with Gasteiger partial charge >= 0.3 is 12.1 Å². The number of rotatable bonds is 4. The zero-order valence-electron chi connectivity index (χ0n) is 11.9. The van der Waals surface area contributed by atoms with Crippen LogP contribution in [0.4, 0.5) is 4.79 Å². The highest BCUT2D eigenvalue weighted by atomic mass is 16.6. The molecule has 1 aliphatic heterocycles. The molecule has 6 heteroatoms. The van der Waals surface area contributed by atoms with Crippen LogP contribution in [0.25, 0.3) is 0 Å². The van der Waals surface area contributed by atoms with Crippen LogP contribution < -0.4 is 0 Å². The maximum atomic E-state index is 12.1. The van der Waals surface area contributed by atoms with Gasteiger partial charge in [0.1, 0.15) is 6.61 Å². The number of carbonyl (C=O) groups is 2. The van der Waals surface area contributed by atoms with Crippen LogP contribution >= 0.6 is 0 Å². The van der Waals surface area contributed by atoms with Gasteiger partial charge in [0.25, 0.3) is 0 Å². The Kier molecular flexibility index (Phi) is 5.16. The number of aliphatic hydroxyl groups excluding tert-OH is 1. The number of nitrogens with zero attached hydrogens (tertiary/aromatic N) is 1. The molecular formula is C15H19NO5. The molecule has 1 saturated heterocycles. The summed E-state index contributed by atoms with van der Waals surface area (Å²) in [4.78, 5) is 24.8. The fraction of sp³-hybridized carbons (Fsp3) is 0.467. The number of amides is 1. The van der Waals surface area contributed by atoms with E-state index >= 15 is 0 Å². The molecule has 1 aliphatic rings. The molecule has 0 spiro atoms. The normalized spacial score (nSPS) is 21.1. The lowest BCUT2D eigenvalue weighted by molar-refractivity contribution is -0.142. The van der Waals surface area contributed by atoms with Crippen LogP contribution in [-0.4, -0.2) is 47.9 Å². The smallest absolute Gasteiger partial charge is 0.410 e. The SMILES string of the molecule is COC(=O)CC1C(O)CCN1C(=O)OCc1ccccc1. The first-order valence-electron chi connectivity index (χ1n) is 6.84. The summed E-state index contributed by atoms with van der Waals surface area (Å²) in [7, 11) is 1.28. The largest absolute Gasteiger partial charge is 0.469 e. The van der Waals surface area contributed by atoms with Crippen molar-refractivity contribution in [3.05, 3.63) is 35.9 Å². The van der Waals surface area contributed by atoms with Crippen molar-refractivity contribution in [3.63, 3.8) is 0 Å². The highest BCUT2D eigenvalue weighted by molar-refractivity contribution is 5.73. The molecule has 6 nitrogen and oxygen atoms in total. The molecular weight excluding hydrogens is 274 g/mol. The van der Waals surface area contributed by atoms with Gasteiger partial charge in [0.15, 0.2) is 0 Å². The number of methoxy groups -OCH3 is 1. The third-order valence-electron chi connectivity index (χ3n) is 3.55. The van der Waals surface area contributed by atoms with Crippen LogP contribution in [0.3, 0.4) is 0 Å². The first-order chi connectivity index (χ1) is 10.1. The summed E-state index contributed by atoms with van der Waals surface area (Å²) in [5.41, 5.74) is 0.884. The molecule has 0 aliphatic carbocycles. The van der Waals surface area contributed by atoms with E-state index in [-0.39, 0.29) is 13.0 Å². The third-order valence-corrected chi connectivity index (χ3v) is 3.55. The van der Waals surface area contributed by atoms with Crippen molar-refractivity contribution in [2.24, 2.45) is 0 Å². The van der Waals surface area contributed by atoms with Gasteiger partial charge in [-0.05, 0) is 12.0 Å². The molecule has 1 amide bonds.